The summed E-state index contributed by atoms with van der Waals surface area (Å²) in [7, 11) is 0. The summed E-state index contributed by atoms with van der Waals surface area (Å²) in [6.45, 7) is 7.90. The Morgan fingerprint density at radius 3 is 2.33 bits per heavy atom. The molecular weight excluding hydrogens is 444 g/mol. The van der Waals surface area contributed by atoms with Gasteiger partial charge in [-0.2, -0.15) is 0 Å². The fraction of sp³-hybridized carbons (Fsp3) is 0.594. The maximum Gasteiger partial charge on any atom is 0.322 e. The van der Waals surface area contributed by atoms with E-state index in [-0.39, 0.29) is 12.1 Å². The average molecular weight is 491 g/mol. The quantitative estimate of drug-likeness (QED) is 0.338. The number of carbonyl (C=O) groups excluding carboxylic acids is 1. The van der Waals surface area contributed by atoms with Gasteiger partial charge < -0.3 is 10.1 Å². The van der Waals surface area contributed by atoms with Crippen molar-refractivity contribution in [2.75, 3.05) is 18.0 Å². The molecule has 0 spiro atoms. The average Bonchev–Trinajstić information content (AvgIpc) is 2.91. The van der Waals surface area contributed by atoms with Gasteiger partial charge in [0.05, 0.1) is 12.2 Å². The minimum atomic E-state index is -0.0341. The van der Waals surface area contributed by atoms with Crippen molar-refractivity contribution in [3.63, 3.8) is 0 Å². The molecule has 4 rings (SSSR count). The van der Waals surface area contributed by atoms with Crippen LogP contribution in [0.5, 0.6) is 5.75 Å². The number of urea groups is 1. The third kappa shape index (κ3) is 6.83. The van der Waals surface area contributed by atoms with Crippen molar-refractivity contribution in [1.29, 1.82) is 0 Å². The van der Waals surface area contributed by atoms with Crippen LogP contribution in [-0.4, -0.2) is 25.2 Å². The molecule has 1 unspecified atom stereocenters. The zero-order valence-electron chi connectivity index (χ0n) is 22.7. The normalized spacial score (nSPS) is 21.5. The molecule has 2 aliphatic rings. The molecule has 1 saturated carbocycles. The summed E-state index contributed by atoms with van der Waals surface area (Å²) < 4.78 is 6.17. The van der Waals surface area contributed by atoms with Gasteiger partial charge in [-0.1, -0.05) is 82.7 Å². The van der Waals surface area contributed by atoms with Crippen LogP contribution < -0.4 is 15.0 Å². The molecule has 0 radical (unpaired) electrons. The predicted molar refractivity (Wildman–Crippen MR) is 151 cm³/mol. The molecule has 0 saturated heterocycles. The van der Waals surface area contributed by atoms with Crippen LogP contribution in [-0.2, 0) is 0 Å². The molecule has 4 nitrogen and oxygen atoms in total. The Morgan fingerprint density at radius 2 is 1.61 bits per heavy atom. The van der Waals surface area contributed by atoms with E-state index in [1.165, 1.54) is 75.3 Å². The van der Waals surface area contributed by atoms with Crippen molar-refractivity contribution in [1.82, 2.24) is 5.32 Å². The van der Waals surface area contributed by atoms with Gasteiger partial charge in [-0.25, -0.2) is 4.79 Å². The lowest BCUT2D eigenvalue weighted by Gasteiger charge is -2.33. The Hall–Kier alpha value is -2.49. The first-order valence-electron chi connectivity index (χ1n) is 14.6. The van der Waals surface area contributed by atoms with E-state index in [2.05, 4.69) is 55.6 Å². The van der Waals surface area contributed by atoms with Gasteiger partial charge in [0.25, 0.3) is 0 Å². The predicted octanol–water partition coefficient (Wildman–Crippen LogP) is 8.69. The van der Waals surface area contributed by atoms with Gasteiger partial charge in [0.15, 0.2) is 0 Å². The third-order valence-electron chi connectivity index (χ3n) is 8.21. The zero-order valence-corrected chi connectivity index (χ0v) is 22.7. The Labute approximate surface area is 218 Å². The molecule has 2 amide bonds. The molecule has 36 heavy (non-hydrogen) atoms. The van der Waals surface area contributed by atoms with Crippen LogP contribution in [0.25, 0.3) is 11.1 Å². The van der Waals surface area contributed by atoms with E-state index in [1.54, 1.807) is 0 Å². The third-order valence-corrected chi connectivity index (χ3v) is 8.21. The second-order valence-electron chi connectivity index (χ2n) is 11.0. The lowest BCUT2D eigenvalue weighted by Crippen LogP contribution is -2.47. The van der Waals surface area contributed by atoms with Gasteiger partial charge in [0.2, 0.25) is 0 Å². The van der Waals surface area contributed by atoms with Crippen molar-refractivity contribution in [3.05, 3.63) is 48.0 Å². The van der Waals surface area contributed by atoms with Crippen LogP contribution >= 0.6 is 0 Å². The molecule has 0 bridgehead atoms. The maximum absolute atomic E-state index is 13.0. The maximum atomic E-state index is 13.0. The largest absolute Gasteiger partial charge is 0.487 e. The number of unbranched alkanes of at least 4 members (excludes halogenated alkanes) is 5. The highest BCUT2D eigenvalue weighted by Crippen LogP contribution is 2.39. The van der Waals surface area contributed by atoms with Crippen molar-refractivity contribution < 1.29 is 9.53 Å². The van der Waals surface area contributed by atoms with Crippen molar-refractivity contribution in [2.24, 2.45) is 5.92 Å². The van der Waals surface area contributed by atoms with Gasteiger partial charge in [-0.3, -0.25) is 4.90 Å². The van der Waals surface area contributed by atoms with E-state index >= 15 is 0 Å². The molecule has 2 aromatic rings. The Balaban J connectivity index is 1.37. The molecule has 0 aromatic heterocycles. The number of nitrogens with zero attached hydrogens (tertiary/aromatic N) is 1. The molecule has 1 atom stereocenters. The van der Waals surface area contributed by atoms with Crippen LogP contribution in [0.3, 0.4) is 0 Å². The highest BCUT2D eigenvalue weighted by molar-refractivity contribution is 5.94. The monoisotopic (exact) mass is 490 g/mol. The number of carbonyl (C=O) groups is 1. The summed E-state index contributed by atoms with van der Waals surface area (Å²) in [4.78, 5) is 14.8. The molecule has 4 heteroatoms. The smallest absolute Gasteiger partial charge is 0.322 e. The van der Waals surface area contributed by atoms with Crippen LogP contribution in [0.1, 0.15) is 103 Å². The van der Waals surface area contributed by atoms with Crippen LogP contribution in [0, 0.1) is 5.92 Å². The fourth-order valence-corrected chi connectivity index (χ4v) is 5.86. The minimum absolute atomic E-state index is 0.0187. The Bertz CT molecular complexity index is 963. The molecular formula is C32H46N2O2. The summed E-state index contributed by atoms with van der Waals surface area (Å²) in [5, 5.41) is 3.13. The number of nitrogens with one attached hydrogen (secondary N) is 1. The Kier molecular flexibility index (Phi) is 9.72. The first-order valence-corrected chi connectivity index (χ1v) is 14.6. The van der Waals surface area contributed by atoms with E-state index in [0.717, 1.165) is 35.9 Å². The van der Waals surface area contributed by atoms with Crippen molar-refractivity contribution in [2.45, 2.75) is 103 Å². The zero-order chi connectivity index (χ0) is 25.3. The molecule has 1 heterocycles. The second kappa shape index (κ2) is 13.2. The topological polar surface area (TPSA) is 41.6 Å². The number of benzene rings is 2. The number of anilines is 1. The number of fused-ring (bicyclic) bond motifs is 1. The molecule has 2 aromatic carbocycles. The summed E-state index contributed by atoms with van der Waals surface area (Å²) >= 11 is 0. The van der Waals surface area contributed by atoms with Gasteiger partial charge in [0, 0.05) is 6.54 Å². The van der Waals surface area contributed by atoms with Crippen LogP contribution in [0.2, 0.25) is 0 Å². The van der Waals surface area contributed by atoms with Crippen molar-refractivity contribution >= 4 is 11.7 Å². The highest BCUT2D eigenvalue weighted by Gasteiger charge is 2.28. The van der Waals surface area contributed by atoms with Gasteiger partial charge in [-0.05, 0) is 79.7 Å². The number of rotatable bonds is 10. The fourth-order valence-electron chi connectivity index (χ4n) is 5.86. The first kappa shape index (κ1) is 26.6. The van der Waals surface area contributed by atoms with Crippen LogP contribution in [0.4, 0.5) is 10.5 Å². The van der Waals surface area contributed by atoms with Gasteiger partial charge >= 0.3 is 6.03 Å². The lowest BCUT2D eigenvalue weighted by atomic mass is 9.77. The molecule has 1 fully saturated rings. The van der Waals surface area contributed by atoms with Crippen molar-refractivity contribution in [3.8, 4) is 16.9 Å². The van der Waals surface area contributed by atoms with Gasteiger partial charge in [0.1, 0.15) is 11.9 Å². The Morgan fingerprint density at radius 1 is 0.917 bits per heavy atom. The lowest BCUT2D eigenvalue weighted by molar-refractivity contribution is 0.205. The minimum Gasteiger partial charge on any atom is -0.487 e. The number of amides is 2. The summed E-state index contributed by atoms with van der Waals surface area (Å²) in [5.74, 6) is 2.43. The van der Waals surface area contributed by atoms with Gasteiger partial charge in [-0.15, -0.1) is 0 Å². The number of ether oxygens (including phenoxy) is 1. The van der Waals surface area contributed by atoms with E-state index in [1.807, 2.05) is 17.9 Å². The standard InChI is InChI=1S/C32H46N2O2/c1-4-6-7-8-9-10-21-33-32(35)34-23-24(3)36-31-22-29(19-20-30(31)34)28-17-15-27(16-18-28)26-13-11-25(5-2)12-14-26/h15-20,22,24-26H,4-14,21,23H2,1-3H3,(H,33,35). The SMILES string of the molecule is CCCCCCCCNC(=O)N1CC(C)Oc2cc(-c3ccc(C4CCC(CC)CC4)cc3)ccc21. The second-order valence-corrected chi connectivity index (χ2v) is 11.0. The highest BCUT2D eigenvalue weighted by atomic mass is 16.5. The molecule has 1 aliphatic heterocycles. The summed E-state index contributed by atoms with van der Waals surface area (Å²) in [6.07, 6.45) is 14.0. The molecule has 196 valence electrons. The number of hydrogen-bond donors (Lipinski definition) is 1. The molecule has 1 N–H and O–H groups in total. The summed E-state index contributed by atoms with van der Waals surface area (Å²) in [5.41, 5.74) is 4.67. The number of hydrogen-bond acceptors (Lipinski definition) is 2. The first-order chi connectivity index (χ1) is 17.6. The molecule has 1 aliphatic carbocycles. The summed E-state index contributed by atoms with van der Waals surface area (Å²) in [6, 6.07) is 15.4. The van der Waals surface area contributed by atoms with Crippen LogP contribution in [0.15, 0.2) is 42.5 Å². The van der Waals surface area contributed by atoms with E-state index in [9.17, 15) is 4.79 Å². The van der Waals surface area contributed by atoms with E-state index < -0.39 is 0 Å². The van der Waals surface area contributed by atoms with E-state index in [0.29, 0.717) is 12.5 Å². The van der Waals surface area contributed by atoms with E-state index in [4.69, 9.17) is 4.74 Å².